The topological polar surface area (TPSA) is 70.2 Å². The first-order valence-electron chi connectivity index (χ1n) is 4.92. The molecule has 0 aromatic rings. The van der Waals surface area contributed by atoms with Crippen LogP contribution < -0.4 is 16.0 Å². The normalized spacial score (nSPS) is 18.1. The Morgan fingerprint density at radius 3 is 2.43 bits per heavy atom. The molecular formula is C9H17N3O2. The minimum Gasteiger partial charge on any atom is -0.341 e. The van der Waals surface area contributed by atoms with Crippen molar-refractivity contribution in [3.63, 3.8) is 0 Å². The molecule has 0 spiro atoms. The van der Waals surface area contributed by atoms with Crippen LogP contribution in [0.1, 0.15) is 26.2 Å². The molecule has 14 heavy (non-hydrogen) atoms. The number of hydrogen-bond acceptors (Lipinski definition) is 3. The Morgan fingerprint density at radius 1 is 1.36 bits per heavy atom. The summed E-state index contributed by atoms with van der Waals surface area (Å²) >= 11 is 0. The Balaban J connectivity index is 2.24. The smallest absolute Gasteiger partial charge is 0.321 e. The predicted octanol–water partition coefficient (Wildman–Crippen LogP) is -0.0274. The number of urea groups is 1. The molecule has 0 heterocycles. The minimum atomic E-state index is -0.461. The van der Waals surface area contributed by atoms with Gasteiger partial charge in [0.2, 0.25) is 5.91 Å². The van der Waals surface area contributed by atoms with Gasteiger partial charge in [0.25, 0.3) is 0 Å². The molecule has 1 saturated carbocycles. The van der Waals surface area contributed by atoms with Gasteiger partial charge in [-0.3, -0.25) is 10.1 Å². The number of imide groups is 1. The van der Waals surface area contributed by atoms with E-state index in [1.54, 1.807) is 6.92 Å². The van der Waals surface area contributed by atoms with E-state index < -0.39 is 6.03 Å². The summed E-state index contributed by atoms with van der Waals surface area (Å²) in [5, 5.41) is 7.72. The van der Waals surface area contributed by atoms with E-state index >= 15 is 0 Å². The summed E-state index contributed by atoms with van der Waals surface area (Å²) < 4.78 is 0. The Bertz CT molecular complexity index is 226. The van der Waals surface area contributed by atoms with Gasteiger partial charge >= 0.3 is 6.03 Å². The van der Waals surface area contributed by atoms with Crippen LogP contribution in [0.2, 0.25) is 0 Å². The van der Waals surface area contributed by atoms with Crippen molar-refractivity contribution in [1.82, 2.24) is 16.0 Å². The van der Waals surface area contributed by atoms with Crippen LogP contribution >= 0.6 is 0 Å². The molecule has 1 aliphatic rings. The van der Waals surface area contributed by atoms with Crippen LogP contribution in [-0.4, -0.2) is 31.1 Å². The molecule has 0 saturated heterocycles. The lowest BCUT2D eigenvalue weighted by molar-refractivity contribution is -0.122. The van der Waals surface area contributed by atoms with E-state index in [0.717, 1.165) is 12.8 Å². The van der Waals surface area contributed by atoms with Crippen molar-refractivity contribution in [2.24, 2.45) is 0 Å². The summed E-state index contributed by atoms with van der Waals surface area (Å²) in [6.07, 6.45) is 3.47. The highest BCUT2D eigenvalue weighted by Crippen LogP contribution is 2.18. The molecule has 0 aromatic carbocycles. The van der Waals surface area contributed by atoms with Gasteiger partial charge in [-0.25, -0.2) is 4.79 Å². The fraction of sp³-hybridized carbons (Fsp3) is 0.778. The molecule has 5 heteroatoms. The van der Waals surface area contributed by atoms with Crippen LogP contribution in [0.3, 0.4) is 0 Å². The summed E-state index contributed by atoms with van der Waals surface area (Å²) in [4.78, 5) is 22.2. The second-order valence-corrected chi connectivity index (χ2v) is 3.58. The van der Waals surface area contributed by atoms with Gasteiger partial charge in [-0.05, 0) is 19.8 Å². The van der Waals surface area contributed by atoms with Gasteiger partial charge in [0.05, 0.1) is 6.04 Å². The average molecular weight is 199 g/mol. The quantitative estimate of drug-likeness (QED) is 0.598. The van der Waals surface area contributed by atoms with Crippen molar-refractivity contribution in [3.05, 3.63) is 0 Å². The Labute approximate surface area is 83.6 Å². The average Bonchev–Trinajstić information content (AvgIpc) is 2.10. The largest absolute Gasteiger partial charge is 0.341 e. The summed E-state index contributed by atoms with van der Waals surface area (Å²) in [7, 11) is 1.48. The highest BCUT2D eigenvalue weighted by molar-refractivity contribution is 5.96. The zero-order valence-electron chi connectivity index (χ0n) is 8.59. The third kappa shape index (κ3) is 2.99. The molecule has 0 aromatic heterocycles. The first-order chi connectivity index (χ1) is 6.63. The molecule has 1 fully saturated rings. The maximum atomic E-state index is 11.4. The fourth-order valence-electron chi connectivity index (χ4n) is 1.29. The number of carbonyl (C=O) groups excluding carboxylic acids is 2. The highest BCUT2D eigenvalue weighted by Gasteiger charge is 2.22. The molecule has 3 N–H and O–H groups in total. The van der Waals surface area contributed by atoms with Crippen molar-refractivity contribution in [2.45, 2.75) is 38.3 Å². The second-order valence-electron chi connectivity index (χ2n) is 3.58. The molecule has 80 valence electrons. The summed E-state index contributed by atoms with van der Waals surface area (Å²) in [5.74, 6) is -0.281. The predicted molar refractivity (Wildman–Crippen MR) is 52.8 cm³/mol. The number of hydrogen-bond donors (Lipinski definition) is 3. The molecule has 0 radical (unpaired) electrons. The number of rotatable bonds is 3. The molecule has 5 nitrogen and oxygen atoms in total. The third-order valence-corrected chi connectivity index (χ3v) is 2.45. The minimum absolute atomic E-state index is 0.281. The zero-order valence-corrected chi connectivity index (χ0v) is 8.59. The van der Waals surface area contributed by atoms with Crippen LogP contribution in [0.15, 0.2) is 0 Å². The van der Waals surface area contributed by atoms with Crippen LogP contribution in [0.5, 0.6) is 0 Å². The third-order valence-electron chi connectivity index (χ3n) is 2.45. The van der Waals surface area contributed by atoms with E-state index in [-0.39, 0.29) is 11.9 Å². The van der Waals surface area contributed by atoms with Crippen LogP contribution in [0.4, 0.5) is 4.79 Å². The number of nitrogens with one attached hydrogen (secondary N) is 3. The van der Waals surface area contributed by atoms with E-state index in [0.29, 0.717) is 6.04 Å². The maximum Gasteiger partial charge on any atom is 0.321 e. The Kier molecular flexibility index (Phi) is 3.88. The molecule has 1 unspecified atom stereocenters. The van der Waals surface area contributed by atoms with Gasteiger partial charge in [-0.1, -0.05) is 6.42 Å². The van der Waals surface area contributed by atoms with Crippen molar-refractivity contribution in [3.8, 4) is 0 Å². The molecule has 3 amide bonds. The van der Waals surface area contributed by atoms with E-state index in [4.69, 9.17) is 0 Å². The van der Waals surface area contributed by atoms with Gasteiger partial charge in [0, 0.05) is 13.1 Å². The van der Waals surface area contributed by atoms with Crippen LogP contribution in [0.25, 0.3) is 0 Å². The van der Waals surface area contributed by atoms with E-state index in [1.807, 2.05) is 0 Å². The second kappa shape index (κ2) is 4.95. The van der Waals surface area contributed by atoms with E-state index in [9.17, 15) is 9.59 Å². The first kappa shape index (κ1) is 11.0. The number of carbonyl (C=O) groups is 2. The lowest BCUT2D eigenvalue weighted by Gasteiger charge is -2.29. The maximum absolute atomic E-state index is 11.4. The SMILES string of the molecule is CNC(=O)NC(=O)C(C)NC1CCC1. The zero-order chi connectivity index (χ0) is 10.6. The molecular weight excluding hydrogens is 182 g/mol. The van der Waals surface area contributed by atoms with Gasteiger partial charge < -0.3 is 10.6 Å². The van der Waals surface area contributed by atoms with Gasteiger partial charge in [-0.15, -0.1) is 0 Å². The molecule has 0 aliphatic heterocycles. The molecule has 1 aliphatic carbocycles. The van der Waals surface area contributed by atoms with Crippen molar-refractivity contribution < 1.29 is 9.59 Å². The number of amides is 3. The lowest BCUT2D eigenvalue weighted by Crippen LogP contribution is -2.51. The van der Waals surface area contributed by atoms with Gasteiger partial charge in [-0.2, -0.15) is 0 Å². The Hall–Kier alpha value is -1.10. The summed E-state index contributed by atoms with van der Waals surface area (Å²) in [6, 6.07) is -0.324. The standard InChI is InChI=1S/C9H17N3O2/c1-6(11-7-4-3-5-7)8(13)12-9(14)10-2/h6-7,11H,3-5H2,1-2H3,(H2,10,12,13,14). The van der Waals surface area contributed by atoms with Crippen molar-refractivity contribution in [2.75, 3.05) is 7.05 Å². The first-order valence-corrected chi connectivity index (χ1v) is 4.92. The van der Waals surface area contributed by atoms with Crippen LogP contribution in [-0.2, 0) is 4.79 Å². The monoisotopic (exact) mass is 199 g/mol. The molecule has 0 bridgehead atoms. The molecule has 1 rings (SSSR count). The highest BCUT2D eigenvalue weighted by atomic mass is 16.2. The fourth-order valence-corrected chi connectivity index (χ4v) is 1.29. The van der Waals surface area contributed by atoms with E-state index in [1.165, 1.54) is 13.5 Å². The van der Waals surface area contributed by atoms with E-state index in [2.05, 4.69) is 16.0 Å². The Morgan fingerprint density at radius 2 is 2.00 bits per heavy atom. The van der Waals surface area contributed by atoms with Gasteiger partial charge in [0.15, 0.2) is 0 Å². The van der Waals surface area contributed by atoms with Crippen molar-refractivity contribution >= 4 is 11.9 Å². The van der Waals surface area contributed by atoms with Crippen molar-refractivity contribution in [1.29, 1.82) is 0 Å². The summed E-state index contributed by atoms with van der Waals surface area (Å²) in [6.45, 7) is 1.76. The molecule has 1 atom stereocenters. The van der Waals surface area contributed by atoms with Gasteiger partial charge in [0.1, 0.15) is 0 Å². The van der Waals surface area contributed by atoms with Crippen LogP contribution in [0, 0.1) is 0 Å². The lowest BCUT2D eigenvalue weighted by atomic mass is 9.92. The summed E-state index contributed by atoms with van der Waals surface area (Å²) in [5.41, 5.74) is 0.